The van der Waals surface area contributed by atoms with Crippen LogP contribution in [0.1, 0.15) is 23.4 Å². The number of rotatable bonds is 1. The second-order valence-electron chi connectivity index (χ2n) is 5.38. The van der Waals surface area contributed by atoms with Crippen molar-refractivity contribution in [3.8, 4) is 5.69 Å². The highest BCUT2D eigenvalue weighted by molar-refractivity contribution is 5.86. The molecule has 4 rings (SSSR count). The molecule has 1 aliphatic rings. The Morgan fingerprint density at radius 3 is 2.95 bits per heavy atom. The number of aromatic nitrogens is 3. The van der Waals surface area contributed by atoms with Gasteiger partial charge in [0.1, 0.15) is 5.82 Å². The number of hydrogen-bond acceptors (Lipinski definition) is 3. The third-order valence-electron chi connectivity index (χ3n) is 4.03. The molecule has 2 heterocycles. The smallest absolute Gasteiger partial charge is 0.149 e. The van der Waals surface area contributed by atoms with Crippen LogP contribution in [0.2, 0.25) is 0 Å². The Labute approximate surface area is 117 Å². The number of pyridine rings is 1. The number of para-hydroxylation sites is 1. The van der Waals surface area contributed by atoms with E-state index in [0.717, 1.165) is 41.5 Å². The van der Waals surface area contributed by atoms with Crippen LogP contribution in [-0.4, -0.2) is 14.8 Å². The lowest BCUT2D eigenvalue weighted by Gasteiger charge is -2.09. The van der Waals surface area contributed by atoms with Crippen LogP contribution in [0.3, 0.4) is 0 Å². The molecule has 2 N–H and O–H groups in total. The monoisotopic (exact) mass is 264 g/mol. The molecule has 0 radical (unpaired) electrons. The van der Waals surface area contributed by atoms with E-state index in [1.54, 1.807) is 0 Å². The fourth-order valence-electron chi connectivity index (χ4n) is 3.07. The number of fused-ring (bicyclic) bond motifs is 2. The maximum absolute atomic E-state index is 6.05. The van der Waals surface area contributed by atoms with Crippen LogP contribution in [0.5, 0.6) is 0 Å². The molecule has 100 valence electrons. The first kappa shape index (κ1) is 11.5. The molecular weight excluding hydrogens is 248 g/mol. The van der Waals surface area contributed by atoms with Crippen molar-refractivity contribution in [2.45, 2.75) is 26.2 Å². The topological polar surface area (TPSA) is 56.7 Å². The van der Waals surface area contributed by atoms with Gasteiger partial charge in [-0.2, -0.15) is 5.10 Å². The Bertz CT molecular complexity index is 817. The molecule has 1 aliphatic carbocycles. The lowest BCUT2D eigenvalue weighted by molar-refractivity contribution is 0.791. The standard InChI is InChI=1S/C16H16N4/c1-10-8-9-11-4-2-7-14(15(11)18-10)20-13-6-3-5-12(13)16(17)19-20/h2,4,7-9H,3,5-6H2,1H3,(H2,17,19). The van der Waals surface area contributed by atoms with Crippen molar-refractivity contribution < 1.29 is 0 Å². The second kappa shape index (κ2) is 4.07. The number of benzene rings is 1. The van der Waals surface area contributed by atoms with E-state index in [0.29, 0.717) is 5.82 Å². The van der Waals surface area contributed by atoms with Gasteiger partial charge in [-0.1, -0.05) is 18.2 Å². The molecule has 4 heteroatoms. The van der Waals surface area contributed by atoms with E-state index >= 15 is 0 Å². The first-order chi connectivity index (χ1) is 9.74. The molecule has 4 nitrogen and oxygen atoms in total. The maximum Gasteiger partial charge on any atom is 0.149 e. The van der Waals surface area contributed by atoms with E-state index in [2.05, 4.69) is 28.3 Å². The fourth-order valence-corrected chi connectivity index (χ4v) is 3.07. The number of aryl methyl sites for hydroxylation is 1. The third kappa shape index (κ3) is 1.54. The van der Waals surface area contributed by atoms with Gasteiger partial charge in [-0.05, 0) is 38.3 Å². The molecule has 2 aromatic heterocycles. The van der Waals surface area contributed by atoms with Gasteiger partial charge in [-0.25, -0.2) is 4.68 Å². The van der Waals surface area contributed by atoms with Crippen LogP contribution in [0.25, 0.3) is 16.6 Å². The molecule has 0 amide bonds. The van der Waals surface area contributed by atoms with Crippen LogP contribution < -0.4 is 5.73 Å². The highest BCUT2D eigenvalue weighted by atomic mass is 15.3. The van der Waals surface area contributed by atoms with Crippen molar-refractivity contribution in [2.75, 3.05) is 5.73 Å². The Kier molecular flexibility index (Phi) is 2.33. The van der Waals surface area contributed by atoms with Crippen molar-refractivity contribution >= 4 is 16.7 Å². The van der Waals surface area contributed by atoms with E-state index in [4.69, 9.17) is 5.73 Å². The highest BCUT2D eigenvalue weighted by Gasteiger charge is 2.22. The average molecular weight is 264 g/mol. The zero-order valence-electron chi connectivity index (χ0n) is 11.4. The van der Waals surface area contributed by atoms with Gasteiger partial charge in [0.15, 0.2) is 0 Å². The van der Waals surface area contributed by atoms with Gasteiger partial charge in [0.05, 0.1) is 11.2 Å². The minimum Gasteiger partial charge on any atom is -0.382 e. The molecule has 3 aromatic rings. The number of hydrogen-bond donors (Lipinski definition) is 1. The summed E-state index contributed by atoms with van der Waals surface area (Å²) in [6, 6.07) is 10.3. The van der Waals surface area contributed by atoms with Gasteiger partial charge >= 0.3 is 0 Å². The van der Waals surface area contributed by atoms with Gasteiger partial charge < -0.3 is 5.73 Å². The predicted octanol–water partition coefficient (Wildman–Crippen LogP) is 2.80. The fraction of sp³-hybridized carbons (Fsp3) is 0.250. The van der Waals surface area contributed by atoms with E-state index in [9.17, 15) is 0 Å². The molecule has 0 bridgehead atoms. The van der Waals surface area contributed by atoms with Crippen LogP contribution in [0, 0.1) is 6.92 Å². The van der Waals surface area contributed by atoms with Gasteiger partial charge in [0.2, 0.25) is 0 Å². The van der Waals surface area contributed by atoms with Crippen molar-refractivity contribution in [2.24, 2.45) is 0 Å². The van der Waals surface area contributed by atoms with Crippen LogP contribution in [0.4, 0.5) is 5.82 Å². The number of nitrogens with zero attached hydrogens (tertiary/aromatic N) is 3. The summed E-state index contributed by atoms with van der Waals surface area (Å²) in [6.07, 6.45) is 3.24. The average Bonchev–Trinajstić information content (AvgIpc) is 3.03. The first-order valence-corrected chi connectivity index (χ1v) is 6.97. The molecule has 0 spiro atoms. The molecule has 0 unspecified atom stereocenters. The van der Waals surface area contributed by atoms with Crippen LogP contribution in [-0.2, 0) is 12.8 Å². The number of nitrogen functional groups attached to an aromatic ring is 1. The largest absolute Gasteiger partial charge is 0.382 e. The predicted molar refractivity (Wildman–Crippen MR) is 80.0 cm³/mol. The summed E-state index contributed by atoms with van der Waals surface area (Å²) in [6.45, 7) is 2.01. The molecule has 0 saturated carbocycles. The van der Waals surface area contributed by atoms with E-state index < -0.39 is 0 Å². The van der Waals surface area contributed by atoms with Crippen molar-refractivity contribution in [1.29, 1.82) is 0 Å². The maximum atomic E-state index is 6.05. The number of anilines is 1. The third-order valence-corrected chi connectivity index (χ3v) is 4.03. The molecule has 0 aliphatic heterocycles. The second-order valence-corrected chi connectivity index (χ2v) is 5.38. The number of nitrogens with two attached hydrogens (primary N) is 1. The Morgan fingerprint density at radius 2 is 2.05 bits per heavy atom. The summed E-state index contributed by atoms with van der Waals surface area (Å²) in [5, 5.41) is 5.67. The summed E-state index contributed by atoms with van der Waals surface area (Å²) in [5.74, 6) is 0.669. The summed E-state index contributed by atoms with van der Waals surface area (Å²) in [7, 11) is 0. The summed E-state index contributed by atoms with van der Waals surface area (Å²) in [5.41, 5.74) is 11.6. The van der Waals surface area contributed by atoms with Crippen molar-refractivity contribution in [3.05, 3.63) is 47.3 Å². The summed E-state index contributed by atoms with van der Waals surface area (Å²) >= 11 is 0. The first-order valence-electron chi connectivity index (χ1n) is 6.97. The van der Waals surface area contributed by atoms with E-state index in [-0.39, 0.29) is 0 Å². The summed E-state index contributed by atoms with van der Waals surface area (Å²) < 4.78 is 1.99. The normalized spacial score (nSPS) is 13.8. The van der Waals surface area contributed by atoms with Crippen LogP contribution in [0.15, 0.2) is 30.3 Å². The lowest BCUT2D eigenvalue weighted by Crippen LogP contribution is -2.03. The molecule has 0 atom stereocenters. The quantitative estimate of drug-likeness (QED) is 0.735. The zero-order valence-corrected chi connectivity index (χ0v) is 11.4. The van der Waals surface area contributed by atoms with Crippen molar-refractivity contribution in [3.63, 3.8) is 0 Å². The molecule has 20 heavy (non-hydrogen) atoms. The van der Waals surface area contributed by atoms with Gasteiger partial charge in [0, 0.05) is 22.3 Å². The SMILES string of the molecule is Cc1ccc2cccc(-n3nc(N)c4c3CCC4)c2n1. The van der Waals surface area contributed by atoms with E-state index in [1.165, 1.54) is 11.3 Å². The minimum atomic E-state index is 0.669. The van der Waals surface area contributed by atoms with Gasteiger partial charge in [0.25, 0.3) is 0 Å². The lowest BCUT2D eigenvalue weighted by atomic mass is 10.1. The van der Waals surface area contributed by atoms with Crippen LogP contribution >= 0.6 is 0 Å². The molecule has 1 aromatic carbocycles. The summed E-state index contributed by atoms with van der Waals surface area (Å²) in [4.78, 5) is 4.69. The Hall–Kier alpha value is -2.36. The van der Waals surface area contributed by atoms with Gasteiger partial charge in [-0.3, -0.25) is 4.98 Å². The Morgan fingerprint density at radius 1 is 1.15 bits per heavy atom. The van der Waals surface area contributed by atoms with Crippen molar-refractivity contribution in [1.82, 2.24) is 14.8 Å². The Balaban J connectivity index is 2.04. The zero-order chi connectivity index (χ0) is 13.7. The minimum absolute atomic E-state index is 0.669. The molecule has 0 saturated heterocycles. The molecular formula is C16H16N4. The molecule has 0 fully saturated rings. The van der Waals surface area contributed by atoms with Gasteiger partial charge in [-0.15, -0.1) is 0 Å². The van der Waals surface area contributed by atoms with E-state index in [1.807, 2.05) is 23.7 Å². The highest BCUT2D eigenvalue weighted by Crippen LogP contribution is 2.31.